The normalized spacial score (nSPS) is 23.0. The second-order valence-corrected chi connectivity index (χ2v) is 6.58. The maximum Gasteiger partial charge on any atom is 0.410 e. The Balaban J connectivity index is 2.12. The van der Waals surface area contributed by atoms with Crippen LogP contribution in [0.3, 0.4) is 0 Å². The fourth-order valence-corrected chi connectivity index (χ4v) is 2.53. The van der Waals surface area contributed by atoms with Crippen molar-refractivity contribution in [2.45, 2.75) is 44.8 Å². The van der Waals surface area contributed by atoms with E-state index in [0.29, 0.717) is 24.9 Å². The molecule has 21 heavy (non-hydrogen) atoms. The summed E-state index contributed by atoms with van der Waals surface area (Å²) in [6, 6.07) is 6.46. The number of carbonyl (C=O) groups is 1. The van der Waals surface area contributed by atoms with E-state index >= 15 is 0 Å². The molecular formula is C16H23NO4. The fourth-order valence-electron chi connectivity index (χ4n) is 2.53. The summed E-state index contributed by atoms with van der Waals surface area (Å²) in [7, 11) is 0. The van der Waals surface area contributed by atoms with E-state index in [2.05, 4.69) is 0 Å². The number of hydrogen-bond acceptors (Lipinski definition) is 4. The van der Waals surface area contributed by atoms with Crippen LogP contribution in [0, 0.1) is 0 Å². The molecule has 1 aliphatic rings. The Kier molecular flexibility index (Phi) is 4.14. The van der Waals surface area contributed by atoms with Gasteiger partial charge in [-0.3, -0.25) is 0 Å². The van der Waals surface area contributed by atoms with Crippen molar-refractivity contribution < 1.29 is 19.7 Å². The lowest BCUT2D eigenvalue weighted by atomic mass is 9.86. The average molecular weight is 293 g/mol. The van der Waals surface area contributed by atoms with Crippen LogP contribution in [0.2, 0.25) is 0 Å². The lowest BCUT2D eigenvalue weighted by Gasteiger charge is -2.39. The summed E-state index contributed by atoms with van der Waals surface area (Å²) >= 11 is 0. The van der Waals surface area contributed by atoms with Gasteiger partial charge in [0.1, 0.15) is 17.0 Å². The quantitative estimate of drug-likeness (QED) is 0.835. The van der Waals surface area contributed by atoms with Crippen LogP contribution in [-0.2, 0) is 10.3 Å². The molecule has 5 nitrogen and oxygen atoms in total. The third kappa shape index (κ3) is 3.88. The molecule has 0 saturated carbocycles. The highest BCUT2D eigenvalue weighted by Crippen LogP contribution is 2.32. The maximum atomic E-state index is 12.1. The first kappa shape index (κ1) is 15.6. The Hall–Kier alpha value is -1.75. The molecule has 1 aromatic rings. The van der Waals surface area contributed by atoms with Crippen molar-refractivity contribution in [1.82, 2.24) is 4.90 Å². The zero-order valence-corrected chi connectivity index (χ0v) is 12.8. The molecule has 2 N–H and O–H groups in total. The SMILES string of the molecule is CC(C)(C)OC(=O)N1CCCC(O)(c2ccc(O)cc2)C1. The number of rotatable bonds is 1. The molecule has 1 atom stereocenters. The van der Waals surface area contributed by atoms with Gasteiger partial charge in [-0.1, -0.05) is 12.1 Å². The van der Waals surface area contributed by atoms with Crippen LogP contribution >= 0.6 is 0 Å². The summed E-state index contributed by atoms with van der Waals surface area (Å²) in [5.41, 5.74) is -0.942. The molecule has 1 fully saturated rings. The summed E-state index contributed by atoms with van der Waals surface area (Å²) in [6.07, 6.45) is 0.882. The molecule has 1 aromatic carbocycles. The van der Waals surface area contributed by atoms with Gasteiger partial charge in [-0.05, 0) is 51.3 Å². The van der Waals surface area contributed by atoms with Gasteiger partial charge in [-0.25, -0.2) is 4.79 Å². The molecule has 1 heterocycles. The van der Waals surface area contributed by atoms with Crippen LogP contribution in [0.4, 0.5) is 4.79 Å². The lowest BCUT2D eigenvalue weighted by molar-refractivity contribution is -0.0465. The molecule has 2 rings (SSSR count). The van der Waals surface area contributed by atoms with E-state index in [-0.39, 0.29) is 12.3 Å². The number of phenols is 1. The van der Waals surface area contributed by atoms with E-state index < -0.39 is 17.3 Å². The van der Waals surface area contributed by atoms with Gasteiger partial charge in [0.25, 0.3) is 0 Å². The first-order valence-corrected chi connectivity index (χ1v) is 7.19. The minimum absolute atomic E-state index is 0.155. The van der Waals surface area contributed by atoms with Crippen molar-refractivity contribution in [3.8, 4) is 5.75 Å². The smallest absolute Gasteiger partial charge is 0.410 e. The van der Waals surface area contributed by atoms with Crippen LogP contribution in [-0.4, -0.2) is 39.9 Å². The number of hydrogen-bond donors (Lipinski definition) is 2. The third-order valence-electron chi connectivity index (χ3n) is 3.53. The van der Waals surface area contributed by atoms with Crippen LogP contribution in [0.5, 0.6) is 5.75 Å². The van der Waals surface area contributed by atoms with Crippen molar-refractivity contribution in [1.29, 1.82) is 0 Å². The van der Waals surface area contributed by atoms with Crippen LogP contribution in [0.1, 0.15) is 39.2 Å². The van der Waals surface area contributed by atoms with Crippen LogP contribution in [0.25, 0.3) is 0 Å². The first-order chi connectivity index (χ1) is 9.70. The molecule has 116 valence electrons. The zero-order valence-electron chi connectivity index (χ0n) is 12.8. The summed E-state index contributed by atoms with van der Waals surface area (Å²) < 4.78 is 5.36. The molecule has 1 aliphatic heterocycles. The number of ether oxygens (including phenoxy) is 1. The van der Waals surface area contributed by atoms with Gasteiger partial charge in [0.15, 0.2) is 0 Å². The van der Waals surface area contributed by atoms with Gasteiger partial charge < -0.3 is 19.8 Å². The predicted octanol–water partition coefficient (Wildman–Crippen LogP) is 2.61. The van der Waals surface area contributed by atoms with E-state index in [1.165, 1.54) is 0 Å². The Morgan fingerprint density at radius 3 is 2.48 bits per heavy atom. The first-order valence-electron chi connectivity index (χ1n) is 7.19. The second kappa shape index (κ2) is 5.56. The Labute approximate surface area is 125 Å². The van der Waals surface area contributed by atoms with Crippen molar-refractivity contribution in [2.24, 2.45) is 0 Å². The Morgan fingerprint density at radius 2 is 1.90 bits per heavy atom. The van der Waals surface area contributed by atoms with Gasteiger partial charge in [0.2, 0.25) is 0 Å². The Bertz CT molecular complexity index is 506. The minimum Gasteiger partial charge on any atom is -0.508 e. The highest BCUT2D eigenvalue weighted by molar-refractivity contribution is 5.68. The summed E-state index contributed by atoms with van der Waals surface area (Å²) in [5.74, 6) is 0.155. The average Bonchev–Trinajstić information content (AvgIpc) is 2.37. The predicted molar refractivity (Wildman–Crippen MR) is 79.0 cm³/mol. The van der Waals surface area contributed by atoms with Gasteiger partial charge in [0, 0.05) is 6.54 Å². The van der Waals surface area contributed by atoms with E-state index in [9.17, 15) is 15.0 Å². The van der Waals surface area contributed by atoms with E-state index in [1.54, 1.807) is 29.2 Å². The van der Waals surface area contributed by atoms with Gasteiger partial charge in [-0.15, -0.1) is 0 Å². The minimum atomic E-state index is -1.09. The summed E-state index contributed by atoms with van der Waals surface area (Å²) in [5, 5.41) is 20.2. The highest BCUT2D eigenvalue weighted by atomic mass is 16.6. The molecule has 1 amide bonds. The third-order valence-corrected chi connectivity index (χ3v) is 3.53. The molecule has 0 spiro atoms. The number of aliphatic hydroxyl groups is 1. The number of β-amino-alcohol motifs (C(OH)–C–C–N with tert-alkyl or cyclic N) is 1. The maximum absolute atomic E-state index is 12.1. The number of carbonyl (C=O) groups excluding carboxylic acids is 1. The van der Waals surface area contributed by atoms with E-state index in [0.717, 1.165) is 0 Å². The van der Waals surface area contributed by atoms with Crippen molar-refractivity contribution in [2.75, 3.05) is 13.1 Å². The van der Waals surface area contributed by atoms with Gasteiger partial charge >= 0.3 is 6.09 Å². The number of benzene rings is 1. The second-order valence-electron chi connectivity index (χ2n) is 6.58. The van der Waals surface area contributed by atoms with Crippen LogP contribution in [0.15, 0.2) is 24.3 Å². The largest absolute Gasteiger partial charge is 0.508 e. The van der Waals surface area contributed by atoms with Gasteiger partial charge in [-0.2, -0.15) is 0 Å². The van der Waals surface area contributed by atoms with Gasteiger partial charge in [0.05, 0.1) is 6.54 Å². The van der Waals surface area contributed by atoms with Crippen LogP contribution < -0.4 is 0 Å². The van der Waals surface area contributed by atoms with Crippen molar-refractivity contribution >= 4 is 6.09 Å². The number of phenolic OH excluding ortho intramolecular Hbond substituents is 1. The Morgan fingerprint density at radius 1 is 1.29 bits per heavy atom. The summed E-state index contributed by atoms with van der Waals surface area (Å²) in [4.78, 5) is 13.7. The molecule has 0 radical (unpaired) electrons. The summed E-state index contributed by atoms with van der Waals surface area (Å²) in [6.45, 7) is 6.24. The number of nitrogens with zero attached hydrogens (tertiary/aromatic N) is 1. The van der Waals surface area contributed by atoms with Crippen molar-refractivity contribution in [3.63, 3.8) is 0 Å². The number of amides is 1. The fraction of sp³-hybridized carbons (Fsp3) is 0.562. The lowest BCUT2D eigenvalue weighted by Crippen LogP contribution is -2.49. The molecule has 0 aliphatic carbocycles. The van der Waals surface area contributed by atoms with E-state index in [1.807, 2.05) is 20.8 Å². The molecule has 0 bridgehead atoms. The number of likely N-dealkylation sites (tertiary alicyclic amines) is 1. The molecule has 1 saturated heterocycles. The zero-order chi connectivity index (χ0) is 15.7. The molecule has 1 unspecified atom stereocenters. The van der Waals surface area contributed by atoms with E-state index in [4.69, 9.17) is 4.74 Å². The number of piperidine rings is 1. The number of aromatic hydroxyl groups is 1. The molecule has 0 aromatic heterocycles. The monoisotopic (exact) mass is 293 g/mol. The standard InChI is InChI=1S/C16H23NO4/c1-15(2,3)21-14(19)17-10-4-9-16(20,11-17)12-5-7-13(18)8-6-12/h5-8,18,20H,4,9-11H2,1-3H3. The topological polar surface area (TPSA) is 70.0 Å². The highest BCUT2D eigenvalue weighted by Gasteiger charge is 2.38. The molecular weight excluding hydrogens is 270 g/mol. The van der Waals surface area contributed by atoms with Crippen molar-refractivity contribution in [3.05, 3.63) is 29.8 Å². The molecule has 5 heteroatoms.